The van der Waals surface area contributed by atoms with Gasteiger partial charge in [-0.05, 0) is 61.4 Å². The van der Waals surface area contributed by atoms with Crippen LogP contribution in [-0.2, 0) is 14.8 Å². The molecule has 10 heteroatoms. The molecule has 8 nitrogen and oxygen atoms in total. The average molecular weight is 513 g/mol. The van der Waals surface area contributed by atoms with Crippen molar-refractivity contribution in [3.8, 4) is 0 Å². The number of hydrazone groups is 1. The lowest BCUT2D eigenvalue weighted by Gasteiger charge is -2.23. The number of hydrogen-bond donors (Lipinski definition) is 2. The highest BCUT2D eigenvalue weighted by atomic mass is 35.5. The van der Waals surface area contributed by atoms with Crippen molar-refractivity contribution in [1.82, 2.24) is 5.43 Å². The molecule has 0 aliphatic heterocycles. The van der Waals surface area contributed by atoms with Crippen LogP contribution in [0, 0.1) is 6.92 Å². The Morgan fingerprint density at radius 1 is 0.971 bits per heavy atom. The van der Waals surface area contributed by atoms with Gasteiger partial charge in [0.25, 0.3) is 11.8 Å². The second kappa shape index (κ2) is 11.2. The molecule has 3 rings (SSSR count). The molecule has 0 fully saturated rings. The molecule has 0 spiro atoms. The first-order valence-electron chi connectivity index (χ1n) is 10.6. The molecule has 0 saturated heterocycles. The number of sulfonamides is 1. The molecule has 0 bridgehead atoms. The van der Waals surface area contributed by atoms with Gasteiger partial charge in [-0.25, -0.2) is 13.8 Å². The van der Waals surface area contributed by atoms with Crippen molar-refractivity contribution in [3.05, 3.63) is 94.5 Å². The number of amides is 2. The molecular formula is C25H25ClN4O4S. The van der Waals surface area contributed by atoms with Crippen LogP contribution in [0.25, 0.3) is 0 Å². The van der Waals surface area contributed by atoms with Gasteiger partial charge >= 0.3 is 0 Å². The number of nitrogens with one attached hydrogen (secondary N) is 2. The maximum Gasteiger partial charge on any atom is 0.260 e. The predicted molar refractivity (Wildman–Crippen MR) is 140 cm³/mol. The van der Waals surface area contributed by atoms with E-state index >= 15 is 0 Å². The van der Waals surface area contributed by atoms with Gasteiger partial charge in [-0.15, -0.1) is 0 Å². The van der Waals surface area contributed by atoms with Gasteiger partial charge in [0.2, 0.25) is 10.0 Å². The summed E-state index contributed by atoms with van der Waals surface area (Å²) in [4.78, 5) is 25.0. The van der Waals surface area contributed by atoms with Gasteiger partial charge < -0.3 is 5.32 Å². The Balaban J connectivity index is 1.71. The van der Waals surface area contributed by atoms with Crippen LogP contribution in [0.1, 0.15) is 28.4 Å². The zero-order valence-corrected chi connectivity index (χ0v) is 21.0. The SMILES string of the molecule is C/C(=N/NC(=O)CN(c1cc(Cl)ccc1C)S(C)(=O)=O)c1cccc(NC(=O)c2ccccc2)c1. The van der Waals surface area contributed by atoms with Gasteiger partial charge in [-0.2, -0.15) is 5.10 Å². The molecule has 0 heterocycles. The van der Waals surface area contributed by atoms with E-state index in [9.17, 15) is 18.0 Å². The summed E-state index contributed by atoms with van der Waals surface area (Å²) >= 11 is 6.03. The number of aryl methyl sites for hydroxylation is 1. The van der Waals surface area contributed by atoms with Gasteiger partial charge in [0.1, 0.15) is 6.54 Å². The maximum atomic E-state index is 12.6. The molecule has 0 aliphatic carbocycles. The summed E-state index contributed by atoms with van der Waals surface area (Å²) in [5, 5.41) is 7.28. The van der Waals surface area contributed by atoms with Gasteiger partial charge in [0.15, 0.2) is 0 Å². The lowest BCUT2D eigenvalue weighted by molar-refractivity contribution is -0.119. The fourth-order valence-corrected chi connectivity index (χ4v) is 4.30. The number of nitrogens with zero attached hydrogens (tertiary/aromatic N) is 2. The van der Waals surface area contributed by atoms with Crippen molar-refractivity contribution in [2.75, 3.05) is 22.4 Å². The number of hydrogen-bond acceptors (Lipinski definition) is 5. The average Bonchev–Trinajstić information content (AvgIpc) is 2.82. The Labute approximate surface area is 209 Å². The van der Waals surface area contributed by atoms with Crippen LogP contribution in [0.15, 0.2) is 77.9 Å². The molecule has 182 valence electrons. The van der Waals surface area contributed by atoms with Gasteiger partial charge in [0, 0.05) is 16.3 Å². The first-order valence-corrected chi connectivity index (χ1v) is 12.8. The molecule has 3 aromatic carbocycles. The summed E-state index contributed by atoms with van der Waals surface area (Å²) in [5.74, 6) is -0.870. The maximum absolute atomic E-state index is 12.6. The summed E-state index contributed by atoms with van der Waals surface area (Å²) < 4.78 is 25.7. The summed E-state index contributed by atoms with van der Waals surface area (Å²) in [5.41, 5.74) is 5.60. The van der Waals surface area contributed by atoms with Crippen molar-refractivity contribution in [2.24, 2.45) is 5.10 Å². The van der Waals surface area contributed by atoms with E-state index in [4.69, 9.17) is 11.6 Å². The van der Waals surface area contributed by atoms with E-state index in [0.29, 0.717) is 38.8 Å². The van der Waals surface area contributed by atoms with Crippen LogP contribution >= 0.6 is 11.6 Å². The highest BCUT2D eigenvalue weighted by Crippen LogP contribution is 2.26. The van der Waals surface area contributed by atoms with Crippen molar-refractivity contribution >= 4 is 50.5 Å². The molecule has 0 saturated carbocycles. The Morgan fingerprint density at radius 2 is 1.66 bits per heavy atom. The highest BCUT2D eigenvalue weighted by Gasteiger charge is 2.22. The van der Waals surface area contributed by atoms with E-state index in [0.717, 1.165) is 10.6 Å². The monoisotopic (exact) mass is 512 g/mol. The van der Waals surface area contributed by atoms with Crippen LogP contribution in [0.5, 0.6) is 0 Å². The molecule has 0 atom stereocenters. The molecule has 35 heavy (non-hydrogen) atoms. The molecule has 2 N–H and O–H groups in total. The lowest BCUT2D eigenvalue weighted by atomic mass is 10.1. The summed E-state index contributed by atoms with van der Waals surface area (Å²) in [6.45, 7) is 2.95. The summed E-state index contributed by atoms with van der Waals surface area (Å²) in [6, 6.07) is 20.6. The van der Waals surface area contributed by atoms with E-state index in [1.165, 1.54) is 6.07 Å². The predicted octanol–water partition coefficient (Wildman–Crippen LogP) is 4.21. The topological polar surface area (TPSA) is 108 Å². The fraction of sp³-hybridized carbons (Fsp3) is 0.160. The van der Waals surface area contributed by atoms with Crippen molar-refractivity contribution in [2.45, 2.75) is 13.8 Å². The molecule has 3 aromatic rings. The Morgan fingerprint density at radius 3 is 2.34 bits per heavy atom. The van der Waals surface area contributed by atoms with Crippen LogP contribution in [-0.4, -0.2) is 38.7 Å². The summed E-state index contributed by atoms with van der Waals surface area (Å²) in [7, 11) is -3.76. The molecular weight excluding hydrogens is 488 g/mol. The van der Waals surface area contributed by atoms with Gasteiger partial charge in [-0.3, -0.25) is 13.9 Å². The van der Waals surface area contributed by atoms with Crippen LogP contribution < -0.4 is 15.0 Å². The zero-order chi connectivity index (χ0) is 25.6. The standard InChI is InChI=1S/C25H25ClN4O4S/c1-17-12-13-21(26)15-23(17)30(35(3,33)34)16-24(31)29-28-18(2)20-10-7-11-22(14-20)27-25(32)19-8-5-4-6-9-19/h4-15H,16H2,1-3H3,(H,27,32)(H,29,31)/b28-18-. The van der Waals surface area contributed by atoms with E-state index in [1.54, 1.807) is 74.5 Å². The number of carbonyl (C=O) groups excluding carboxylic acids is 2. The number of rotatable bonds is 8. The quantitative estimate of drug-likeness (QED) is 0.348. The van der Waals surface area contributed by atoms with Crippen LogP contribution in [0.4, 0.5) is 11.4 Å². The third-order valence-electron chi connectivity index (χ3n) is 5.05. The minimum absolute atomic E-state index is 0.247. The third-order valence-corrected chi connectivity index (χ3v) is 6.41. The second-order valence-corrected chi connectivity index (χ2v) is 10.2. The fourth-order valence-electron chi connectivity index (χ4n) is 3.22. The Hall–Kier alpha value is -3.69. The lowest BCUT2D eigenvalue weighted by Crippen LogP contribution is -2.39. The minimum atomic E-state index is -3.76. The van der Waals surface area contributed by atoms with Gasteiger partial charge in [-0.1, -0.05) is 48.0 Å². The normalized spacial score (nSPS) is 11.6. The Bertz CT molecular complexity index is 1380. The smallest absolute Gasteiger partial charge is 0.260 e. The molecule has 0 radical (unpaired) electrons. The summed E-state index contributed by atoms with van der Waals surface area (Å²) in [6.07, 6.45) is 1.02. The largest absolute Gasteiger partial charge is 0.322 e. The molecule has 0 aliphatic rings. The first-order chi connectivity index (χ1) is 16.5. The number of benzene rings is 3. The molecule has 0 unspecified atom stereocenters. The highest BCUT2D eigenvalue weighted by molar-refractivity contribution is 7.92. The van der Waals surface area contributed by atoms with Crippen molar-refractivity contribution in [1.29, 1.82) is 0 Å². The third kappa shape index (κ3) is 7.14. The molecule has 0 aromatic heterocycles. The van der Waals surface area contributed by atoms with E-state index in [1.807, 2.05) is 6.07 Å². The Kier molecular flexibility index (Phi) is 8.26. The number of carbonyl (C=O) groups is 2. The van der Waals surface area contributed by atoms with E-state index in [2.05, 4.69) is 15.8 Å². The van der Waals surface area contributed by atoms with E-state index in [-0.39, 0.29) is 5.91 Å². The van der Waals surface area contributed by atoms with Crippen LogP contribution in [0.3, 0.4) is 0 Å². The first kappa shape index (κ1) is 25.9. The zero-order valence-electron chi connectivity index (χ0n) is 19.4. The van der Waals surface area contributed by atoms with Crippen molar-refractivity contribution in [3.63, 3.8) is 0 Å². The van der Waals surface area contributed by atoms with Gasteiger partial charge in [0.05, 0.1) is 17.7 Å². The van der Waals surface area contributed by atoms with E-state index < -0.39 is 22.5 Å². The number of halogens is 1. The van der Waals surface area contributed by atoms with Crippen molar-refractivity contribution < 1.29 is 18.0 Å². The van der Waals surface area contributed by atoms with Crippen LogP contribution in [0.2, 0.25) is 5.02 Å². The molecule has 2 amide bonds. The number of anilines is 2. The second-order valence-electron chi connectivity index (χ2n) is 7.83. The minimum Gasteiger partial charge on any atom is -0.322 e.